The lowest BCUT2D eigenvalue weighted by molar-refractivity contribution is -0.0282. The van der Waals surface area contributed by atoms with Crippen LogP contribution in [0, 0.1) is 11.8 Å². The lowest BCUT2D eigenvalue weighted by atomic mass is 9.88. The first-order valence-corrected chi connectivity index (χ1v) is 4.86. The van der Waals surface area contributed by atoms with Crippen LogP contribution in [0.25, 0.3) is 0 Å². The molecule has 0 heterocycles. The molecule has 0 bridgehead atoms. The van der Waals surface area contributed by atoms with E-state index < -0.39 is 12.2 Å². The van der Waals surface area contributed by atoms with Crippen molar-refractivity contribution in [3.8, 4) is 0 Å². The molecule has 0 radical (unpaired) electrons. The first-order chi connectivity index (χ1) is 5.50. The maximum atomic E-state index is 9.64. The molecule has 74 valence electrons. The zero-order valence-corrected chi connectivity index (χ0v) is 8.62. The predicted octanol–water partition coefficient (Wildman–Crippen LogP) is 1.80. The highest BCUT2D eigenvalue weighted by molar-refractivity contribution is 4.74. The number of aliphatic hydroxyl groups is 2. The van der Waals surface area contributed by atoms with Gasteiger partial charge in [-0.2, -0.15) is 0 Å². The van der Waals surface area contributed by atoms with E-state index in [1.165, 1.54) is 0 Å². The normalized spacial score (nSPS) is 19.2. The second kappa shape index (κ2) is 5.55. The van der Waals surface area contributed by atoms with Crippen molar-refractivity contribution in [3.63, 3.8) is 0 Å². The highest BCUT2D eigenvalue weighted by Gasteiger charge is 2.23. The molecule has 0 saturated carbocycles. The second-order valence-electron chi connectivity index (χ2n) is 3.95. The average molecular weight is 174 g/mol. The number of hydrogen-bond acceptors (Lipinski definition) is 2. The Morgan fingerprint density at radius 3 is 1.92 bits per heavy atom. The Labute approximate surface area is 75.6 Å². The zero-order valence-electron chi connectivity index (χ0n) is 8.62. The SMILES string of the molecule is CCCC(O)C(O)C(C)C(C)C. The Balaban J connectivity index is 3.90. The average Bonchev–Trinajstić information content (AvgIpc) is 2.02. The highest BCUT2D eigenvalue weighted by atomic mass is 16.3. The quantitative estimate of drug-likeness (QED) is 0.667. The number of hydrogen-bond donors (Lipinski definition) is 2. The molecule has 0 aliphatic heterocycles. The predicted molar refractivity (Wildman–Crippen MR) is 50.9 cm³/mol. The Morgan fingerprint density at radius 1 is 1.08 bits per heavy atom. The molecule has 0 fully saturated rings. The van der Waals surface area contributed by atoms with Crippen LogP contribution in [0.5, 0.6) is 0 Å². The highest BCUT2D eigenvalue weighted by Crippen LogP contribution is 2.18. The van der Waals surface area contributed by atoms with Gasteiger partial charge in [0.05, 0.1) is 12.2 Å². The van der Waals surface area contributed by atoms with Gasteiger partial charge in [-0.05, 0) is 18.3 Å². The lowest BCUT2D eigenvalue weighted by Crippen LogP contribution is -2.34. The monoisotopic (exact) mass is 174 g/mol. The summed E-state index contributed by atoms with van der Waals surface area (Å²) in [6.45, 7) is 8.11. The minimum atomic E-state index is -0.565. The first-order valence-electron chi connectivity index (χ1n) is 4.86. The molecular formula is C10H22O2. The van der Waals surface area contributed by atoms with Gasteiger partial charge in [0.15, 0.2) is 0 Å². The van der Waals surface area contributed by atoms with Crippen LogP contribution in [-0.2, 0) is 0 Å². The van der Waals surface area contributed by atoms with E-state index in [4.69, 9.17) is 0 Å². The second-order valence-corrected chi connectivity index (χ2v) is 3.95. The van der Waals surface area contributed by atoms with Gasteiger partial charge >= 0.3 is 0 Å². The van der Waals surface area contributed by atoms with Crippen molar-refractivity contribution in [2.45, 2.75) is 52.7 Å². The third-order valence-electron chi connectivity index (χ3n) is 2.57. The zero-order chi connectivity index (χ0) is 9.72. The molecular weight excluding hydrogens is 152 g/mol. The molecule has 0 aromatic carbocycles. The molecule has 0 aliphatic carbocycles. The van der Waals surface area contributed by atoms with Crippen LogP contribution >= 0.6 is 0 Å². The summed E-state index contributed by atoms with van der Waals surface area (Å²) in [5, 5.41) is 19.1. The largest absolute Gasteiger partial charge is 0.390 e. The van der Waals surface area contributed by atoms with Crippen LogP contribution in [0.15, 0.2) is 0 Å². The van der Waals surface area contributed by atoms with Gasteiger partial charge in [0.25, 0.3) is 0 Å². The fourth-order valence-electron chi connectivity index (χ4n) is 1.21. The van der Waals surface area contributed by atoms with Gasteiger partial charge in [0.1, 0.15) is 0 Å². The van der Waals surface area contributed by atoms with E-state index in [1.54, 1.807) is 0 Å². The molecule has 0 aliphatic rings. The topological polar surface area (TPSA) is 40.5 Å². The van der Waals surface area contributed by atoms with Crippen molar-refractivity contribution in [3.05, 3.63) is 0 Å². The molecule has 3 atom stereocenters. The van der Waals surface area contributed by atoms with E-state index >= 15 is 0 Å². The van der Waals surface area contributed by atoms with Crippen molar-refractivity contribution in [2.24, 2.45) is 11.8 Å². The summed E-state index contributed by atoms with van der Waals surface area (Å²) in [4.78, 5) is 0. The third kappa shape index (κ3) is 3.55. The van der Waals surface area contributed by atoms with Crippen molar-refractivity contribution in [1.29, 1.82) is 0 Å². The maximum absolute atomic E-state index is 9.64. The smallest absolute Gasteiger partial charge is 0.0826 e. The van der Waals surface area contributed by atoms with Crippen molar-refractivity contribution in [1.82, 2.24) is 0 Å². The minimum absolute atomic E-state index is 0.173. The molecule has 2 nitrogen and oxygen atoms in total. The number of rotatable bonds is 5. The van der Waals surface area contributed by atoms with Gasteiger partial charge in [0, 0.05) is 0 Å². The molecule has 0 saturated heterocycles. The van der Waals surface area contributed by atoms with Gasteiger partial charge < -0.3 is 10.2 Å². The van der Waals surface area contributed by atoms with Gasteiger partial charge in [-0.1, -0.05) is 34.1 Å². The summed E-state index contributed by atoms with van der Waals surface area (Å²) in [6, 6.07) is 0. The van der Waals surface area contributed by atoms with Gasteiger partial charge in [0.2, 0.25) is 0 Å². The lowest BCUT2D eigenvalue weighted by Gasteiger charge is -2.26. The van der Waals surface area contributed by atoms with E-state index in [-0.39, 0.29) is 5.92 Å². The maximum Gasteiger partial charge on any atom is 0.0826 e. The van der Waals surface area contributed by atoms with Crippen LogP contribution in [-0.4, -0.2) is 22.4 Å². The molecule has 0 aromatic heterocycles. The summed E-state index contributed by atoms with van der Waals surface area (Å²) in [7, 11) is 0. The summed E-state index contributed by atoms with van der Waals surface area (Å²) in [5.41, 5.74) is 0. The third-order valence-corrected chi connectivity index (χ3v) is 2.57. The van der Waals surface area contributed by atoms with E-state index in [0.717, 1.165) is 6.42 Å². The van der Waals surface area contributed by atoms with Crippen LogP contribution in [0.1, 0.15) is 40.5 Å². The van der Waals surface area contributed by atoms with E-state index in [0.29, 0.717) is 12.3 Å². The van der Waals surface area contributed by atoms with Crippen molar-refractivity contribution in [2.75, 3.05) is 0 Å². The van der Waals surface area contributed by atoms with Crippen molar-refractivity contribution < 1.29 is 10.2 Å². The van der Waals surface area contributed by atoms with E-state index in [2.05, 4.69) is 13.8 Å². The summed E-state index contributed by atoms with van der Waals surface area (Å²) in [5.74, 6) is 0.595. The minimum Gasteiger partial charge on any atom is -0.390 e. The summed E-state index contributed by atoms with van der Waals surface area (Å²) < 4.78 is 0. The first kappa shape index (κ1) is 11.9. The summed E-state index contributed by atoms with van der Waals surface area (Å²) >= 11 is 0. The van der Waals surface area contributed by atoms with Crippen LogP contribution in [0.2, 0.25) is 0 Å². The Kier molecular flexibility index (Phi) is 5.51. The van der Waals surface area contributed by atoms with E-state index in [1.807, 2.05) is 13.8 Å². The Morgan fingerprint density at radius 2 is 1.58 bits per heavy atom. The fraction of sp³-hybridized carbons (Fsp3) is 1.00. The van der Waals surface area contributed by atoms with Gasteiger partial charge in [-0.15, -0.1) is 0 Å². The Hall–Kier alpha value is -0.0800. The van der Waals surface area contributed by atoms with Crippen LogP contribution < -0.4 is 0 Å². The molecule has 2 heteroatoms. The van der Waals surface area contributed by atoms with Gasteiger partial charge in [-0.3, -0.25) is 0 Å². The van der Waals surface area contributed by atoms with Crippen LogP contribution in [0.4, 0.5) is 0 Å². The Bertz CT molecular complexity index is 112. The fourth-order valence-corrected chi connectivity index (χ4v) is 1.21. The standard InChI is InChI=1S/C10H22O2/c1-5-6-9(11)10(12)8(4)7(2)3/h7-12H,5-6H2,1-4H3. The van der Waals surface area contributed by atoms with E-state index in [9.17, 15) is 10.2 Å². The molecule has 12 heavy (non-hydrogen) atoms. The molecule has 0 spiro atoms. The van der Waals surface area contributed by atoms with Crippen molar-refractivity contribution >= 4 is 0 Å². The van der Waals surface area contributed by atoms with Crippen LogP contribution in [0.3, 0.4) is 0 Å². The summed E-state index contributed by atoms with van der Waals surface area (Å²) in [6.07, 6.45) is 0.499. The number of aliphatic hydroxyl groups excluding tert-OH is 2. The molecule has 0 aromatic rings. The molecule has 0 rings (SSSR count). The molecule has 3 unspecified atom stereocenters. The molecule has 0 amide bonds. The van der Waals surface area contributed by atoms with Gasteiger partial charge in [-0.25, -0.2) is 0 Å². The molecule has 2 N–H and O–H groups in total.